The first-order valence-corrected chi connectivity index (χ1v) is 5.53. The normalized spacial score (nSPS) is 10.2. The van der Waals surface area contributed by atoms with E-state index >= 15 is 0 Å². The molecule has 88 valence electrons. The summed E-state index contributed by atoms with van der Waals surface area (Å²) in [6.45, 7) is 2.35. The number of benzene rings is 1. The molecule has 1 aromatic heterocycles. The second-order valence-corrected chi connectivity index (χ2v) is 3.82. The van der Waals surface area contributed by atoms with Crippen LogP contribution in [0.1, 0.15) is 17.0 Å². The van der Waals surface area contributed by atoms with Crippen LogP contribution in [0.15, 0.2) is 42.5 Å². The lowest BCUT2D eigenvalue weighted by Gasteiger charge is -2.09. The first-order valence-electron chi connectivity index (χ1n) is 5.53. The zero-order valence-corrected chi connectivity index (χ0v) is 9.76. The molecule has 17 heavy (non-hydrogen) atoms. The van der Waals surface area contributed by atoms with Gasteiger partial charge in [0.15, 0.2) is 0 Å². The van der Waals surface area contributed by atoms with Gasteiger partial charge in [-0.05, 0) is 25.1 Å². The molecule has 0 amide bonds. The van der Waals surface area contributed by atoms with Crippen LogP contribution in [0.3, 0.4) is 0 Å². The van der Waals surface area contributed by atoms with Crippen molar-refractivity contribution in [2.24, 2.45) is 0 Å². The fourth-order valence-electron chi connectivity index (χ4n) is 1.61. The van der Waals surface area contributed by atoms with Gasteiger partial charge in [0.1, 0.15) is 12.4 Å². The number of nitrogens with zero attached hydrogens (tertiary/aromatic N) is 1. The maximum atomic E-state index is 9.16. The van der Waals surface area contributed by atoms with Crippen molar-refractivity contribution in [1.82, 2.24) is 4.98 Å². The van der Waals surface area contributed by atoms with E-state index < -0.39 is 0 Å². The number of hydrogen-bond donors (Lipinski definition) is 1. The van der Waals surface area contributed by atoms with Gasteiger partial charge in [-0.25, -0.2) is 0 Å². The molecule has 0 bridgehead atoms. The highest BCUT2D eigenvalue weighted by molar-refractivity contribution is 5.32. The Hall–Kier alpha value is -1.87. The van der Waals surface area contributed by atoms with Crippen LogP contribution in [0.5, 0.6) is 5.75 Å². The Morgan fingerprint density at radius 3 is 2.71 bits per heavy atom. The van der Waals surface area contributed by atoms with Crippen LogP contribution in [-0.4, -0.2) is 10.1 Å². The van der Waals surface area contributed by atoms with Crippen LogP contribution in [0.2, 0.25) is 0 Å². The molecule has 3 nitrogen and oxygen atoms in total. The van der Waals surface area contributed by atoms with Crippen molar-refractivity contribution in [1.29, 1.82) is 0 Å². The van der Waals surface area contributed by atoms with Crippen molar-refractivity contribution in [3.05, 3.63) is 59.4 Å². The molecule has 2 rings (SSSR count). The summed E-state index contributed by atoms with van der Waals surface area (Å²) < 4.78 is 5.65. The summed E-state index contributed by atoms with van der Waals surface area (Å²) in [4.78, 5) is 4.36. The number of aliphatic hydroxyl groups excluding tert-OH is 1. The van der Waals surface area contributed by atoms with Gasteiger partial charge in [-0.2, -0.15) is 0 Å². The van der Waals surface area contributed by atoms with Gasteiger partial charge >= 0.3 is 0 Å². The third-order valence-corrected chi connectivity index (χ3v) is 2.46. The van der Waals surface area contributed by atoms with E-state index in [0.29, 0.717) is 12.4 Å². The Morgan fingerprint density at radius 2 is 1.94 bits per heavy atom. The molecule has 0 aliphatic carbocycles. The van der Waals surface area contributed by atoms with Gasteiger partial charge in [0.05, 0.1) is 12.3 Å². The summed E-state index contributed by atoms with van der Waals surface area (Å²) in [7, 11) is 0. The quantitative estimate of drug-likeness (QED) is 0.875. The molecule has 1 heterocycles. The third-order valence-electron chi connectivity index (χ3n) is 2.46. The number of aryl methyl sites for hydroxylation is 1. The highest BCUT2D eigenvalue weighted by Crippen LogP contribution is 2.18. The minimum atomic E-state index is -0.0164. The van der Waals surface area contributed by atoms with Gasteiger partial charge in [0.25, 0.3) is 0 Å². The fraction of sp³-hybridized carbons (Fsp3) is 0.214. The standard InChI is InChI=1S/C14H15NO2/c1-11-5-4-7-13(15-11)10-17-14-8-3-2-6-12(14)9-16/h2-8,16H,9-10H2,1H3. The van der Waals surface area contributed by atoms with Crippen molar-refractivity contribution in [2.45, 2.75) is 20.1 Å². The Bertz CT molecular complexity index is 497. The minimum Gasteiger partial charge on any atom is -0.487 e. The Morgan fingerprint density at radius 1 is 1.12 bits per heavy atom. The number of ether oxygens (including phenoxy) is 1. The molecule has 2 aromatic rings. The van der Waals surface area contributed by atoms with Crippen LogP contribution in [-0.2, 0) is 13.2 Å². The summed E-state index contributed by atoms with van der Waals surface area (Å²) in [5.74, 6) is 0.707. The van der Waals surface area contributed by atoms with Crippen molar-refractivity contribution >= 4 is 0 Å². The SMILES string of the molecule is Cc1cccc(COc2ccccc2CO)n1. The third kappa shape index (κ3) is 3.04. The number of para-hydroxylation sites is 1. The van der Waals surface area contributed by atoms with Crippen LogP contribution in [0.4, 0.5) is 0 Å². The number of aromatic nitrogens is 1. The van der Waals surface area contributed by atoms with Gasteiger partial charge in [0, 0.05) is 11.3 Å². The highest BCUT2D eigenvalue weighted by atomic mass is 16.5. The fourth-order valence-corrected chi connectivity index (χ4v) is 1.61. The molecule has 0 saturated heterocycles. The number of pyridine rings is 1. The van der Waals surface area contributed by atoms with E-state index in [-0.39, 0.29) is 6.61 Å². The van der Waals surface area contributed by atoms with E-state index in [0.717, 1.165) is 17.0 Å². The topological polar surface area (TPSA) is 42.4 Å². The molecule has 0 radical (unpaired) electrons. The Labute approximate surface area is 101 Å². The van der Waals surface area contributed by atoms with Crippen molar-refractivity contribution < 1.29 is 9.84 Å². The van der Waals surface area contributed by atoms with Crippen LogP contribution >= 0.6 is 0 Å². The molecule has 1 N–H and O–H groups in total. The maximum absolute atomic E-state index is 9.16. The molecular formula is C14H15NO2. The first kappa shape index (κ1) is 11.6. The van der Waals surface area contributed by atoms with E-state index in [1.54, 1.807) is 0 Å². The number of hydrogen-bond acceptors (Lipinski definition) is 3. The van der Waals surface area contributed by atoms with E-state index in [4.69, 9.17) is 9.84 Å². The molecular weight excluding hydrogens is 214 g/mol. The second kappa shape index (κ2) is 5.46. The largest absolute Gasteiger partial charge is 0.487 e. The summed E-state index contributed by atoms with van der Waals surface area (Å²) in [5.41, 5.74) is 2.65. The molecule has 1 aromatic carbocycles. The lowest BCUT2D eigenvalue weighted by Crippen LogP contribution is -2.01. The molecule has 0 saturated carbocycles. The zero-order valence-electron chi connectivity index (χ0n) is 9.76. The molecule has 0 fully saturated rings. The summed E-state index contributed by atoms with van der Waals surface area (Å²) >= 11 is 0. The van der Waals surface area contributed by atoms with Crippen molar-refractivity contribution in [3.63, 3.8) is 0 Å². The minimum absolute atomic E-state index is 0.0164. The second-order valence-electron chi connectivity index (χ2n) is 3.82. The van der Waals surface area contributed by atoms with Crippen LogP contribution < -0.4 is 4.74 Å². The summed E-state index contributed by atoms with van der Waals surface area (Å²) in [6.07, 6.45) is 0. The van der Waals surface area contributed by atoms with Crippen molar-refractivity contribution in [3.8, 4) is 5.75 Å². The molecule has 0 aliphatic heterocycles. The summed E-state index contributed by atoms with van der Waals surface area (Å²) in [5, 5.41) is 9.16. The monoisotopic (exact) mass is 229 g/mol. The zero-order chi connectivity index (χ0) is 12.1. The predicted molar refractivity (Wildman–Crippen MR) is 65.7 cm³/mol. The van der Waals surface area contributed by atoms with E-state index in [2.05, 4.69) is 4.98 Å². The van der Waals surface area contributed by atoms with Crippen LogP contribution in [0, 0.1) is 6.92 Å². The molecule has 0 unspecified atom stereocenters. The Kier molecular flexibility index (Phi) is 3.73. The summed E-state index contributed by atoms with van der Waals surface area (Å²) in [6, 6.07) is 13.3. The van der Waals surface area contributed by atoms with Gasteiger partial charge in [-0.15, -0.1) is 0 Å². The average molecular weight is 229 g/mol. The van der Waals surface area contributed by atoms with E-state index in [1.807, 2.05) is 49.4 Å². The van der Waals surface area contributed by atoms with Gasteiger partial charge in [0.2, 0.25) is 0 Å². The highest BCUT2D eigenvalue weighted by Gasteiger charge is 2.02. The van der Waals surface area contributed by atoms with E-state index in [9.17, 15) is 0 Å². The first-order chi connectivity index (χ1) is 8.29. The molecule has 0 atom stereocenters. The number of aliphatic hydroxyl groups is 1. The van der Waals surface area contributed by atoms with E-state index in [1.165, 1.54) is 0 Å². The number of rotatable bonds is 4. The lowest BCUT2D eigenvalue weighted by atomic mass is 10.2. The predicted octanol–water partition coefficient (Wildman–Crippen LogP) is 2.46. The molecule has 3 heteroatoms. The lowest BCUT2D eigenvalue weighted by molar-refractivity contribution is 0.257. The average Bonchev–Trinajstić information content (AvgIpc) is 2.37. The van der Waals surface area contributed by atoms with Gasteiger partial charge in [-0.3, -0.25) is 4.98 Å². The molecule has 0 aliphatic rings. The van der Waals surface area contributed by atoms with Gasteiger partial charge < -0.3 is 9.84 Å². The van der Waals surface area contributed by atoms with Crippen LogP contribution in [0.25, 0.3) is 0 Å². The maximum Gasteiger partial charge on any atom is 0.130 e. The van der Waals surface area contributed by atoms with Crippen molar-refractivity contribution in [2.75, 3.05) is 0 Å². The smallest absolute Gasteiger partial charge is 0.130 e. The van der Waals surface area contributed by atoms with Gasteiger partial charge in [-0.1, -0.05) is 24.3 Å². The Balaban J connectivity index is 2.07. The molecule has 0 spiro atoms.